The summed E-state index contributed by atoms with van der Waals surface area (Å²) >= 11 is 0. The molecule has 5 nitrogen and oxygen atoms in total. The molecule has 0 radical (unpaired) electrons. The Morgan fingerprint density at radius 3 is 2.91 bits per heavy atom. The van der Waals surface area contributed by atoms with Crippen molar-refractivity contribution in [3.05, 3.63) is 47.6 Å². The van der Waals surface area contributed by atoms with E-state index in [1.165, 1.54) is 18.4 Å². The Balaban J connectivity index is 0.00000192. The second-order valence-electron chi connectivity index (χ2n) is 6.07. The first-order chi connectivity index (χ1) is 10.8. The zero-order valence-electron chi connectivity index (χ0n) is 13.6. The number of rotatable bonds is 6. The number of likely N-dealkylation sites (tertiary alicyclic amines) is 1. The van der Waals surface area contributed by atoms with Crippen LogP contribution in [0, 0.1) is 5.92 Å². The third kappa shape index (κ3) is 5.30. The van der Waals surface area contributed by atoms with Gasteiger partial charge in [-0.1, -0.05) is 35.5 Å². The molecule has 2 heterocycles. The minimum Gasteiger partial charge on any atom is -0.338 e. The van der Waals surface area contributed by atoms with Crippen molar-refractivity contribution in [2.75, 3.05) is 26.7 Å². The highest BCUT2D eigenvalue weighted by atomic mass is 35.5. The highest BCUT2D eigenvalue weighted by Crippen LogP contribution is 2.17. The first-order valence-electron chi connectivity index (χ1n) is 8.06. The number of nitrogens with one attached hydrogen (secondary N) is 1. The fourth-order valence-corrected chi connectivity index (χ4v) is 3.15. The Morgan fingerprint density at radius 1 is 1.30 bits per heavy atom. The summed E-state index contributed by atoms with van der Waals surface area (Å²) in [6.07, 6.45) is 3.28. The van der Waals surface area contributed by atoms with Crippen molar-refractivity contribution in [2.24, 2.45) is 5.92 Å². The van der Waals surface area contributed by atoms with Crippen LogP contribution in [0.1, 0.15) is 30.1 Å². The fraction of sp³-hybridized carbons (Fsp3) is 0.529. The summed E-state index contributed by atoms with van der Waals surface area (Å²) in [5.41, 5.74) is 1.21. The van der Waals surface area contributed by atoms with Crippen molar-refractivity contribution in [3.63, 3.8) is 0 Å². The van der Waals surface area contributed by atoms with Gasteiger partial charge in [0.05, 0.1) is 6.54 Å². The van der Waals surface area contributed by atoms with Crippen LogP contribution in [-0.2, 0) is 13.0 Å². The van der Waals surface area contributed by atoms with Gasteiger partial charge >= 0.3 is 0 Å². The first-order valence-corrected chi connectivity index (χ1v) is 8.06. The zero-order valence-corrected chi connectivity index (χ0v) is 14.4. The lowest BCUT2D eigenvalue weighted by Crippen LogP contribution is -2.38. The molecular weight excluding hydrogens is 312 g/mol. The van der Waals surface area contributed by atoms with Gasteiger partial charge in [-0.05, 0) is 44.5 Å². The van der Waals surface area contributed by atoms with E-state index >= 15 is 0 Å². The van der Waals surface area contributed by atoms with E-state index in [1.807, 2.05) is 25.2 Å². The highest BCUT2D eigenvalue weighted by Gasteiger charge is 2.21. The summed E-state index contributed by atoms with van der Waals surface area (Å²) in [6, 6.07) is 10.3. The quantitative estimate of drug-likeness (QED) is 0.878. The molecule has 1 saturated heterocycles. The van der Waals surface area contributed by atoms with Crippen LogP contribution in [0.4, 0.5) is 0 Å². The molecule has 0 saturated carbocycles. The van der Waals surface area contributed by atoms with Gasteiger partial charge < -0.3 is 9.84 Å². The molecule has 0 bridgehead atoms. The molecule has 126 valence electrons. The number of halogens is 1. The van der Waals surface area contributed by atoms with Crippen LogP contribution < -0.4 is 5.32 Å². The molecule has 1 aliphatic rings. The average molecular weight is 337 g/mol. The van der Waals surface area contributed by atoms with E-state index in [1.54, 1.807) is 0 Å². The SMILES string of the molecule is CNCC1CCCN(Cc2nc(Cc3ccccc3)no2)C1.Cl. The number of benzene rings is 1. The van der Waals surface area contributed by atoms with Crippen LogP contribution in [0.5, 0.6) is 0 Å². The average Bonchev–Trinajstić information content (AvgIpc) is 2.96. The lowest BCUT2D eigenvalue weighted by Gasteiger charge is -2.31. The molecule has 0 spiro atoms. The molecule has 0 aliphatic carbocycles. The summed E-state index contributed by atoms with van der Waals surface area (Å²) in [4.78, 5) is 6.96. The maximum atomic E-state index is 5.42. The lowest BCUT2D eigenvalue weighted by molar-refractivity contribution is 0.149. The second-order valence-corrected chi connectivity index (χ2v) is 6.07. The predicted molar refractivity (Wildman–Crippen MR) is 92.7 cm³/mol. The standard InChI is InChI=1S/C17H24N4O.ClH/c1-18-11-15-8-5-9-21(12-15)13-17-19-16(20-22-17)10-14-6-3-2-4-7-14;/h2-4,6-7,15,18H,5,8-13H2,1H3;1H. The Labute approximate surface area is 143 Å². The number of aromatic nitrogens is 2. The second kappa shape index (κ2) is 9.01. The molecule has 0 amide bonds. The molecule has 1 aromatic carbocycles. The minimum absolute atomic E-state index is 0. The number of nitrogens with zero attached hydrogens (tertiary/aromatic N) is 3. The maximum absolute atomic E-state index is 5.42. The summed E-state index contributed by atoms with van der Waals surface area (Å²) in [7, 11) is 2.02. The van der Waals surface area contributed by atoms with Gasteiger partial charge in [-0.25, -0.2) is 0 Å². The van der Waals surface area contributed by atoms with Gasteiger partial charge in [0.1, 0.15) is 0 Å². The van der Waals surface area contributed by atoms with Crippen molar-refractivity contribution in [1.82, 2.24) is 20.4 Å². The molecule has 1 unspecified atom stereocenters. The van der Waals surface area contributed by atoms with Crippen molar-refractivity contribution in [3.8, 4) is 0 Å². The topological polar surface area (TPSA) is 54.2 Å². The monoisotopic (exact) mass is 336 g/mol. The van der Waals surface area contributed by atoms with E-state index in [2.05, 4.69) is 32.5 Å². The summed E-state index contributed by atoms with van der Waals surface area (Å²) in [6.45, 7) is 4.08. The normalized spacial score (nSPS) is 18.6. The van der Waals surface area contributed by atoms with Gasteiger partial charge in [0.25, 0.3) is 0 Å². The van der Waals surface area contributed by atoms with E-state index < -0.39 is 0 Å². The van der Waals surface area contributed by atoms with E-state index in [0.29, 0.717) is 0 Å². The highest BCUT2D eigenvalue weighted by molar-refractivity contribution is 5.85. The van der Waals surface area contributed by atoms with Crippen LogP contribution in [0.15, 0.2) is 34.9 Å². The largest absolute Gasteiger partial charge is 0.338 e. The van der Waals surface area contributed by atoms with E-state index in [4.69, 9.17) is 4.52 Å². The Kier molecular flexibility index (Phi) is 7.02. The van der Waals surface area contributed by atoms with Gasteiger partial charge in [0.2, 0.25) is 5.89 Å². The molecule has 1 aromatic heterocycles. The van der Waals surface area contributed by atoms with E-state index in [-0.39, 0.29) is 12.4 Å². The molecule has 1 atom stereocenters. The molecule has 2 aromatic rings. The van der Waals surface area contributed by atoms with Crippen LogP contribution in [0.25, 0.3) is 0 Å². The fourth-order valence-electron chi connectivity index (χ4n) is 3.15. The van der Waals surface area contributed by atoms with Crippen molar-refractivity contribution in [1.29, 1.82) is 0 Å². The predicted octanol–water partition coefficient (Wildman–Crippen LogP) is 2.51. The molecule has 6 heteroatoms. The Morgan fingerprint density at radius 2 is 2.13 bits per heavy atom. The van der Waals surface area contributed by atoms with Gasteiger partial charge in [-0.2, -0.15) is 4.98 Å². The van der Waals surface area contributed by atoms with Crippen LogP contribution in [0.2, 0.25) is 0 Å². The number of piperidine rings is 1. The van der Waals surface area contributed by atoms with Crippen LogP contribution >= 0.6 is 12.4 Å². The lowest BCUT2D eigenvalue weighted by atomic mass is 9.98. The summed E-state index contributed by atoms with van der Waals surface area (Å²) < 4.78 is 5.42. The van der Waals surface area contributed by atoms with Crippen molar-refractivity contribution >= 4 is 12.4 Å². The molecule has 3 rings (SSSR count). The molecular formula is C17H25ClN4O. The first kappa shape index (κ1) is 17.9. The van der Waals surface area contributed by atoms with E-state index in [0.717, 1.165) is 50.2 Å². The molecule has 1 fully saturated rings. The molecule has 23 heavy (non-hydrogen) atoms. The van der Waals surface area contributed by atoms with Gasteiger partial charge in [-0.3, -0.25) is 4.90 Å². The number of hydrogen-bond acceptors (Lipinski definition) is 5. The summed E-state index contributed by atoms with van der Waals surface area (Å²) in [5, 5.41) is 7.38. The van der Waals surface area contributed by atoms with Gasteiger partial charge in [-0.15, -0.1) is 12.4 Å². The third-order valence-electron chi connectivity index (χ3n) is 4.17. The van der Waals surface area contributed by atoms with Crippen LogP contribution in [-0.4, -0.2) is 41.7 Å². The van der Waals surface area contributed by atoms with E-state index in [9.17, 15) is 0 Å². The molecule has 1 N–H and O–H groups in total. The van der Waals surface area contributed by atoms with Crippen molar-refractivity contribution in [2.45, 2.75) is 25.8 Å². The van der Waals surface area contributed by atoms with Crippen LogP contribution in [0.3, 0.4) is 0 Å². The van der Waals surface area contributed by atoms with Crippen molar-refractivity contribution < 1.29 is 4.52 Å². The zero-order chi connectivity index (χ0) is 15.2. The van der Waals surface area contributed by atoms with Gasteiger partial charge in [0.15, 0.2) is 5.82 Å². The Bertz CT molecular complexity index is 573. The minimum atomic E-state index is 0. The number of hydrogen-bond donors (Lipinski definition) is 1. The summed E-state index contributed by atoms with van der Waals surface area (Å²) in [5.74, 6) is 2.23. The smallest absolute Gasteiger partial charge is 0.240 e. The molecule has 1 aliphatic heterocycles. The maximum Gasteiger partial charge on any atom is 0.240 e. The third-order valence-corrected chi connectivity index (χ3v) is 4.17. The van der Waals surface area contributed by atoms with Gasteiger partial charge in [0, 0.05) is 13.0 Å². The Hall–Kier alpha value is -1.43.